The maximum absolute atomic E-state index is 12.4. The summed E-state index contributed by atoms with van der Waals surface area (Å²) in [5.74, 6) is 0.708. The highest BCUT2D eigenvalue weighted by molar-refractivity contribution is 6.21. The zero-order valence-electron chi connectivity index (χ0n) is 14.3. The van der Waals surface area contributed by atoms with Crippen LogP contribution in [-0.2, 0) is 4.79 Å². The summed E-state index contributed by atoms with van der Waals surface area (Å²) in [5.41, 5.74) is 0.931. The number of rotatable bonds is 4. The number of amides is 3. The van der Waals surface area contributed by atoms with E-state index in [-0.39, 0.29) is 17.7 Å². The minimum atomic E-state index is -0.247. The Morgan fingerprint density at radius 1 is 1.04 bits per heavy atom. The number of fused-ring (bicyclic) bond motifs is 1. The second-order valence-corrected chi connectivity index (χ2v) is 7.16. The summed E-state index contributed by atoms with van der Waals surface area (Å²) in [7, 11) is 0. The van der Waals surface area contributed by atoms with Crippen LogP contribution in [0.5, 0.6) is 0 Å². The van der Waals surface area contributed by atoms with Gasteiger partial charge in [-0.15, -0.1) is 0 Å². The SMILES string of the molecule is C[C@@H]1C[C@@H](C)CN(C(=O)CCCN2C(=O)c3ccccc3C2=O)C1. The first-order valence-corrected chi connectivity index (χ1v) is 8.70. The number of likely N-dealkylation sites (tertiary alicyclic amines) is 1. The van der Waals surface area contributed by atoms with Gasteiger partial charge in [0.1, 0.15) is 0 Å². The van der Waals surface area contributed by atoms with Gasteiger partial charge in [-0.1, -0.05) is 26.0 Å². The molecule has 3 amide bonds. The predicted octanol–water partition coefficient (Wildman–Crippen LogP) is 2.57. The van der Waals surface area contributed by atoms with E-state index in [4.69, 9.17) is 0 Å². The van der Waals surface area contributed by atoms with Crippen LogP contribution in [0.1, 0.15) is 53.8 Å². The molecule has 5 nitrogen and oxygen atoms in total. The first kappa shape index (κ1) is 16.7. The van der Waals surface area contributed by atoms with Crippen LogP contribution in [0.2, 0.25) is 0 Å². The van der Waals surface area contributed by atoms with Crippen LogP contribution >= 0.6 is 0 Å². The quantitative estimate of drug-likeness (QED) is 0.798. The van der Waals surface area contributed by atoms with Gasteiger partial charge in [-0.25, -0.2) is 0 Å². The van der Waals surface area contributed by atoms with E-state index in [0.717, 1.165) is 13.1 Å². The van der Waals surface area contributed by atoms with E-state index < -0.39 is 0 Å². The molecule has 1 fully saturated rings. The monoisotopic (exact) mass is 328 g/mol. The molecule has 0 N–H and O–H groups in total. The Balaban J connectivity index is 1.53. The summed E-state index contributed by atoms with van der Waals surface area (Å²) >= 11 is 0. The smallest absolute Gasteiger partial charge is 0.261 e. The fourth-order valence-electron chi connectivity index (χ4n) is 3.86. The molecule has 24 heavy (non-hydrogen) atoms. The van der Waals surface area contributed by atoms with Gasteiger partial charge in [0, 0.05) is 26.1 Å². The fourth-order valence-corrected chi connectivity index (χ4v) is 3.86. The molecule has 1 aromatic carbocycles. The molecule has 1 saturated heterocycles. The summed E-state index contributed by atoms with van der Waals surface area (Å²) in [6, 6.07) is 6.87. The van der Waals surface area contributed by atoms with Crippen molar-refractivity contribution in [1.29, 1.82) is 0 Å². The van der Waals surface area contributed by atoms with Crippen molar-refractivity contribution in [3.05, 3.63) is 35.4 Å². The zero-order chi connectivity index (χ0) is 17.3. The van der Waals surface area contributed by atoms with Gasteiger partial charge in [0.15, 0.2) is 0 Å². The van der Waals surface area contributed by atoms with E-state index in [2.05, 4.69) is 13.8 Å². The molecule has 2 atom stereocenters. The van der Waals surface area contributed by atoms with Gasteiger partial charge >= 0.3 is 0 Å². The Morgan fingerprint density at radius 2 is 1.58 bits per heavy atom. The van der Waals surface area contributed by atoms with Gasteiger partial charge in [-0.2, -0.15) is 0 Å². The van der Waals surface area contributed by atoms with Crippen molar-refractivity contribution in [2.45, 2.75) is 33.1 Å². The number of nitrogens with zero attached hydrogens (tertiary/aromatic N) is 2. The average molecular weight is 328 g/mol. The molecule has 0 aromatic heterocycles. The van der Waals surface area contributed by atoms with E-state index in [1.54, 1.807) is 24.3 Å². The number of carbonyl (C=O) groups excluding carboxylic acids is 3. The van der Waals surface area contributed by atoms with Gasteiger partial charge in [0.25, 0.3) is 11.8 Å². The number of carbonyl (C=O) groups is 3. The summed E-state index contributed by atoms with van der Waals surface area (Å²) in [4.78, 5) is 40.1. The zero-order valence-corrected chi connectivity index (χ0v) is 14.3. The summed E-state index contributed by atoms with van der Waals surface area (Å²) < 4.78 is 0. The molecule has 5 heteroatoms. The summed E-state index contributed by atoms with van der Waals surface area (Å²) in [6.45, 7) is 6.28. The molecule has 128 valence electrons. The standard InChI is InChI=1S/C19H24N2O3/c1-13-10-14(2)12-20(11-13)17(22)8-5-9-21-18(23)15-6-3-4-7-16(15)19(21)24/h3-4,6-7,13-14H,5,8-12H2,1-2H3/t13-,14-/m1/s1. The van der Waals surface area contributed by atoms with Crippen LogP contribution in [0.15, 0.2) is 24.3 Å². The largest absolute Gasteiger partial charge is 0.342 e. The van der Waals surface area contributed by atoms with Crippen LogP contribution in [0, 0.1) is 11.8 Å². The van der Waals surface area contributed by atoms with Crippen molar-refractivity contribution in [2.24, 2.45) is 11.8 Å². The molecule has 2 aliphatic rings. The molecule has 0 spiro atoms. The van der Waals surface area contributed by atoms with Crippen molar-refractivity contribution >= 4 is 17.7 Å². The molecule has 0 aliphatic carbocycles. The molecule has 1 aromatic rings. The van der Waals surface area contributed by atoms with Crippen molar-refractivity contribution in [1.82, 2.24) is 9.80 Å². The second-order valence-electron chi connectivity index (χ2n) is 7.16. The number of imide groups is 1. The van der Waals surface area contributed by atoms with Gasteiger partial charge in [-0.3, -0.25) is 19.3 Å². The third kappa shape index (κ3) is 3.21. The van der Waals surface area contributed by atoms with E-state index in [9.17, 15) is 14.4 Å². The second kappa shape index (κ2) is 6.75. The Labute approximate surface area is 142 Å². The fraction of sp³-hybridized carbons (Fsp3) is 0.526. The van der Waals surface area contributed by atoms with E-state index >= 15 is 0 Å². The lowest BCUT2D eigenvalue weighted by molar-refractivity contribution is -0.134. The molecule has 0 bridgehead atoms. The lowest BCUT2D eigenvalue weighted by Crippen LogP contribution is -2.42. The minimum Gasteiger partial charge on any atom is -0.342 e. The normalized spacial score (nSPS) is 23.6. The molecule has 0 saturated carbocycles. The topological polar surface area (TPSA) is 57.7 Å². The van der Waals surface area contributed by atoms with E-state index in [1.165, 1.54) is 11.3 Å². The molecular weight excluding hydrogens is 304 g/mol. The van der Waals surface area contributed by atoms with Gasteiger partial charge < -0.3 is 4.90 Å². The third-order valence-electron chi connectivity index (χ3n) is 4.87. The maximum Gasteiger partial charge on any atom is 0.261 e. The number of benzene rings is 1. The van der Waals surface area contributed by atoms with Gasteiger partial charge in [-0.05, 0) is 36.8 Å². The lowest BCUT2D eigenvalue weighted by Gasteiger charge is -2.35. The lowest BCUT2D eigenvalue weighted by atomic mass is 9.91. The molecule has 0 radical (unpaired) electrons. The molecular formula is C19H24N2O3. The molecule has 3 rings (SSSR count). The Kier molecular flexibility index (Phi) is 4.69. The van der Waals surface area contributed by atoms with Crippen molar-refractivity contribution in [3.63, 3.8) is 0 Å². The highest BCUT2D eigenvalue weighted by Gasteiger charge is 2.34. The molecule has 0 unspecified atom stereocenters. The van der Waals surface area contributed by atoms with E-state index in [0.29, 0.717) is 42.3 Å². The number of hydrogen-bond donors (Lipinski definition) is 0. The number of piperidine rings is 1. The van der Waals surface area contributed by atoms with Gasteiger partial charge in [0.2, 0.25) is 5.91 Å². The Bertz CT molecular complexity index is 625. The van der Waals surface area contributed by atoms with Crippen molar-refractivity contribution in [3.8, 4) is 0 Å². The Morgan fingerprint density at radius 3 is 2.12 bits per heavy atom. The highest BCUT2D eigenvalue weighted by atomic mass is 16.2. The number of hydrogen-bond acceptors (Lipinski definition) is 3. The molecule has 2 aliphatic heterocycles. The van der Waals surface area contributed by atoms with Crippen molar-refractivity contribution < 1.29 is 14.4 Å². The van der Waals surface area contributed by atoms with Crippen molar-refractivity contribution in [2.75, 3.05) is 19.6 Å². The third-order valence-corrected chi connectivity index (χ3v) is 4.87. The van der Waals surface area contributed by atoms with E-state index in [1.807, 2.05) is 4.90 Å². The average Bonchev–Trinajstić information content (AvgIpc) is 2.79. The van der Waals surface area contributed by atoms with Crippen LogP contribution in [-0.4, -0.2) is 47.2 Å². The van der Waals surface area contributed by atoms with Crippen LogP contribution in [0.25, 0.3) is 0 Å². The summed E-state index contributed by atoms with van der Waals surface area (Å²) in [5, 5.41) is 0. The van der Waals surface area contributed by atoms with Crippen LogP contribution < -0.4 is 0 Å². The highest BCUT2D eigenvalue weighted by Crippen LogP contribution is 2.24. The predicted molar refractivity (Wildman–Crippen MR) is 90.6 cm³/mol. The maximum atomic E-state index is 12.4. The molecule has 2 heterocycles. The minimum absolute atomic E-state index is 0.130. The summed E-state index contributed by atoms with van der Waals surface area (Å²) in [6.07, 6.45) is 2.06. The van der Waals surface area contributed by atoms with Crippen LogP contribution in [0.3, 0.4) is 0 Å². The first-order valence-electron chi connectivity index (χ1n) is 8.70. The Hall–Kier alpha value is -2.17. The van der Waals surface area contributed by atoms with Crippen LogP contribution in [0.4, 0.5) is 0 Å². The van der Waals surface area contributed by atoms with Gasteiger partial charge in [0.05, 0.1) is 11.1 Å². The first-order chi connectivity index (χ1) is 11.5.